The summed E-state index contributed by atoms with van der Waals surface area (Å²) in [5.74, 6) is -0.564. The maximum absolute atomic E-state index is 12.4. The molecule has 0 atom stereocenters. The van der Waals surface area contributed by atoms with Crippen LogP contribution in [-0.4, -0.2) is 28.9 Å². The summed E-state index contributed by atoms with van der Waals surface area (Å²) in [6.45, 7) is 1.71. The molecule has 0 N–H and O–H groups in total. The quantitative estimate of drug-likeness (QED) is 0.815. The molecule has 2 aromatic heterocycles. The molecule has 0 aromatic carbocycles. The maximum atomic E-state index is 12.4. The lowest BCUT2D eigenvalue weighted by molar-refractivity contribution is -0.134. The summed E-state index contributed by atoms with van der Waals surface area (Å²) in [7, 11) is 1.24. The van der Waals surface area contributed by atoms with Crippen molar-refractivity contribution >= 4 is 11.5 Å². The molecule has 0 radical (unpaired) electrons. The van der Waals surface area contributed by atoms with E-state index in [2.05, 4.69) is 9.84 Å². The molecule has 4 nitrogen and oxygen atoms in total. The van der Waals surface area contributed by atoms with E-state index in [1.807, 2.05) is 0 Å². The van der Waals surface area contributed by atoms with Crippen LogP contribution in [0, 0.1) is 6.92 Å². The molecule has 0 aliphatic carbocycles. The number of rotatable bonds is 3. The Morgan fingerprint density at radius 2 is 2.10 bits per heavy atom. The molecule has 7 heteroatoms. The SMILES string of the molecule is COC(=O)c1cnn2c(CCC(F)(F)F)c(C)ccc12. The monoisotopic (exact) mass is 286 g/mol. The minimum atomic E-state index is -4.23. The van der Waals surface area contributed by atoms with Gasteiger partial charge in [0.05, 0.1) is 18.8 Å². The molecule has 0 saturated heterocycles. The molecule has 0 fully saturated rings. The van der Waals surface area contributed by atoms with E-state index in [-0.39, 0.29) is 12.0 Å². The zero-order valence-electron chi connectivity index (χ0n) is 11.0. The van der Waals surface area contributed by atoms with E-state index >= 15 is 0 Å². The molecule has 0 aliphatic heterocycles. The number of esters is 1. The van der Waals surface area contributed by atoms with Crippen LogP contribution in [0.5, 0.6) is 0 Å². The lowest BCUT2D eigenvalue weighted by Crippen LogP contribution is -2.12. The van der Waals surface area contributed by atoms with E-state index in [9.17, 15) is 18.0 Å². The van der Waals surface area contributed by atoms with Crippen LogP contribution in [0.4, 0.5) is 13.2 Å². The van der Waals surface area contributed by atoms with Gasteiger partial charge in [-0.3, -0.25) is 0 Å². The van der Waals surface area contributed by atoms with Crippen molar-refractivity contribution in [2.75, 3.05) is 7.11 Å². The Labute approximate surface area is 113 Å². The van der Waals surface area contributed by atoms with Gasteiger partial charge in [-0.25, -0.2) is 9.31 Å². The first-order valence-electron chi connectivity index (χ1n) is 5.95. The van der Waals surface area contributed by atoms with E-state index in [0.29, 0.717) is 16.8 Å². The van der Waals surface area contributed by atoms with E-state index in [1.54, 1.807) is 19.1 Å². The van der Waals surface area contributed by atoms with Gasteiger partial charge in [0.1, 0.15) is 5.56 Å². The first-order valence-corrected chi connectivity index (χ1v) is 5.95. The van der Waals surface area contributed by atoms with E-state index < -0.39 is 18.6 Å². The number of carbonyl (C=O) groups is 1. The third-order valence-corrected chi connectivity index (χ3v) is 3.06. The smallest absolute Gasteiger partial charge is 0.389 e. The Hall–Kier alpha value is -2.05. The van der Waals surface area contributed by atoms with Crippen molar-refractivity contribution in [3.8, 4) is 0 Å². The maximum Gasteiger partial charge on any atom is 0.389 e. The molecule has 108 valence electrons. The van der Waals surface area contributed by atoms with Gasteiger partial charge in [0, 0.05) is 12.1 Å². The van der Waals surface area contributed by atoms with Crippen molar-refractivity contribution < 1.29 is 22.7 Å². The van der Waals surface area contributed by atoms with Crippen LogP contribution in [0.15, 0.2) is 18.3 Å². The van der Waals surface area contributed by atoms with Gasteiger partial charge >= 0.3 is 12.1 Å². The number of aryl methyl sites for hydroxylation is 2. The van der Waals surface area contributed by atoms with Crippen molar-refractivity contribution in [2.24, 2.45) is 0 Å². The Morgan fingerprint density at radius 1 is 1.40 bits per heavy atom. The van der Waals surface area contributed by atoms with Crippen molar-refractivity contribution in [1.82, 2.24) is 9.61 Å². The minimum absolute atomic E-state index is 0.186. The van der Waals surface area contributed by atoms with Gasteiger partial charge < -0.3 is 4.74 Å². The molecule has 0 amide bonds. The summed E-state index contributed by atoms with van der Waals surface area (Å²) in [6.07, 6.45) is -4.04. The fourth-order valence-corrected chi connectivity index (χ4v) is 2.03. The summed E-state index contributed by atoms with van der Waals surface area (Å²) >= 11 is 0. The predicted octanol–water partition coefficient (Wildman–Crippen LogP) is 2.92. The fourth-order valence-electron chi connectivity index (χ4n) is 2.03. The zero-order valence-corrected chi connectivity index (χ0v) is 11.0. The number of carbonyl (C=O) groups excluding carboxylic acids is 1. The lowest BCUT2D eigenvalue weighted by Gasteiger charge is -2.11. The van der Waals surface area contributed by atoms with E-state index in [0.717, 1.165) is 0 Å². The summed E-state index contributed by atoms with van der Waals surface area (Å²) in [6, 6.07) is 3.32. The van der Waals surface area contributed by atoms with Crippen LogP contribution in [0.2, 0.25) is 0 Å². The van der Waals surface area contributed by atoms with Crippen LogP contribution in [0.1, 0.15) is 28.0 Å². The van der Waals surface area contributed by atoms with Crippen LogP contribution in [0.25, 0.3) is 5.52 Å². The number of aromatic nitrogens is 2. The molecule has 0 aliphatic rings. The normalized spacial score (nSPS) is 11.8. The summed E-state index contributed by atoms with van der Waals surface area (Å²) in [4.78, 5) is 11.5. The second-order valence-electron chi connectivity index (χ2n) is 4.43. The number of halogens is 3. The molecule has 0 saturated carbocycles. The zero-order chi connectivity index (χ0) is 14.9. The van der Waals surface area contributed by atoms with Crippen molar-refractivity contribution in [3.05, 3.63) is 35.2 Å². The third kappa shape index (κ3) is 2.76. The highest BCUT2D eigenvalue weighted by Gasteiger charge is 2.27. The number of hydrogen-bond donors (Lipinski definition) is 0. The molecule has 0 unspecified atom stereocenters. The van der Waals surface area contributed by atoms with Crippen molar-refractivity contribution in [3.63, 3.8) is 0 Å². The second-order valence-corrected chi connectivity index (χ2v) is 4.43. The largest absolute Gasteiger partial charge is 0.465 e. The van der Waals surface area contributed by atoms with Crippen LogP contribution in [-0.2, 0) is 11.2 Å². The van der Waals surface area contributed by atoms with Gasteiger partial charge in [0.15, 0.2) is 0 Å². The molecule has 20 heavy (non-hydrogen) atoms. The highest BCUT2D eigenvalue weighted by atomic mass is 19.4. The van der Waals surface area contributed by atoms with E-state index in [1.165, 1.54) is 17.8 Å². The number of hydrogen-bond acceptors (Lipinski definition) is 3. The Balaban J connectivity index is 2.46. The first kappa shape index (κ1) is 14.4. The topological polar surface area (TPSA) is 43.6 Å². The number of alkyl halides is 3. The summed E-state index contributed by atoms with van der Waals surface area (Å²) in [5.41, 5.74) is 1.82. The number of fused-ring (bicyclic) bond motifs is 1. The lowest BCUT2D eigenvalue weighted by atomic mass is 10.1. The highest BCUT2D eigenvalue weighted by Crippen LogP contribution is 2.24. The summed E-state index contributed by atoms with van der Waals surface area (Å²) in [5, 5.41) is 4.00. The number of nitrogens with zero attached hydrogens (tertiary/aromatic N) is 2. The molecular formula is C13H13F3N2O2. The number of methoxy groups -OCH3 is 1. The summed E-state index contributed by atoms with van der Waals surface area (Å²) < 4.78 is 43.1. The molecule has 2 aromatic rings. The molecule has 2 heterocycles. The minimum Gasteiger partial charge on any atom is -0.465 e. The molecule has 0 bridgehead atoms. The first-order chi connectivity index (χ1) is 9.33. The average molecular weight is 286 g/mol. The van der Waals surface area contributed by atoms with Gasteiger partial charge in [0.25, 0.3) is 0 Å². The van der Waals surface area contributed by atoms with Crippen molar-refractivity contribution in [2.45, 2.75) is 25.9 Å². The van der Waals surface area contributed by atoms with Gasteiger partial charge in [0.2, 0.25) is 0 Å². The fraction of sp³-hybridized carbons (Fsp3) is 0.385. The molecule has 0 spiro atoms. The standard InChI is InChI=1S/C13H13F3N2O2/c1-8-3-4-11-9(12(19)20-2)7-17-18(11)10(8)5-6-13(14,15)16/h3-4,7H,5-6H2,1-2H3. The predicted molar refractivity (Wildman–Crippen MR) is 65.6 cm³/mol. The Kier molecular flexibility index (Phi) is 3.69. The van der Waals surface area contributed by atoms with Gasteiger partial charge in [-0.15, -0.1) is 0 Å². The highest BCUT2D eigenvalue weighted by molar-refractivity contribution is 5.96. The van der Waals surface area contributed by atoms with Crippen LogP contribution >= 0.6 is 0 Å². The second kappa shape index (κ2) is 5.15. The van der Waals surface area contributed by atoms with Crippen LogP contribution < -0.4 is 0 Å². The average Bonchev–Trinajstić information content (AvgIpc) is 2.79. The number of ether oxygens (including phenoxy) is 1. The van der Waals surface area contributed by atoms with Gasteiger partial charge in [-0.2, -0.15) is 18.3 Å². The molecule has 2 rings (SSSR count). The number of pyridine rings is 1. The molecular weight excluding hydrogens is 273 g/mol. The van der Waals surface area contributed by atoms with Gasteiger partial charge in [-0.1, -0.05) is 6.07 Å². The Morgan fingerprint density at radius 3 is 2.70 bits per heavy atom. The van der Waals surface area contributed by atoms with Crippen molar-refractivity contribution in [1.29, 1.82) is 0 Å². The Bertz CT molecular complexity index is 647. The van der Waals surface area contributed by atoms with E-state index in [4.69, 9.17) is 0 Å². The van der Waals surface area contributed by atoms with Crippen LogP contribution in [0.3, 0.4) is 0 Å². The third-order valence-electron chi connectivity index (χ3n) is 3.06. The van der Waals surface area contributed by atoms with Gasteiger partial charge in [-0.05, 0) is 25.0 Å².